The highest BCUT2D eigenvalue weighted by atomic mass is 31.2. The number of rotatable bonds is 10. The van der Waals surface area contributed by atoms with Crippen LogP contribution in [0.1, 0.15) is 32.6 Å². The van der Waals surface area contributed by atoms with Crippen molar-refractivity contribution in [2.45, 2.75) is 44.7 Å². The number of fused-ring (bicyclic) bond motifs is 1. The summed E-state index contributed by atoms with van der Waals surface area (Å²) in [6, 6.07) is 13.2. The van der Waals surface area contributed by atoms with Gasteiger partial charge in [-0.1, -0.05) is 18.2 Å². The molecule has 0 saturated carbocycles. The fourth-order valence-electron chi connectivity index (χ4n) is 3.92. The van der Waals surface area contributed by atoms with Gasteiger partial charge in [0.2, 0.25) is 5.60 Å². The lowest BCUT2D eigenvalue weighted by atomic mass is 9.96. The Morgan fingerprint density at radius 3 is 2.67 bits per heavy atom. The molecule has 40 heavy (non-hydrogen) atoms. The van der Waals surface area contributed by atoms with Gasteiger partial charge in [0.15, 0.2) is 5.82 Å². The molecule has 214 valence electrons. The average molecular weight is 575 g/mol. The van der Waals surface area contributed by atoms with Crippen LogP contribution in [0.3, 0.4) is 0 Å². The molecule has 1 aliphatic rings. The maximum Gasteiger partial charge on any atom is 0.458 e. The first-order chi connectivity index (χ1) is 18.9. The molecule has 2 aromatic heterocycles. The lowest BCUT2D eigenvalue weighted by Crippen LogP contribution is -2.46. The van der Waals surface area contributed by atoms with E-state index in [2.05, 4.69) is 15.2 Å². The van der Waals surface area contributed by atoms with E-state index >= 15 is 0 Å². The summed E-state index contributed by atoms with van der Waals surface area (Å²) in [5, 5.41) is 38.5. The first kappa shape index (κ1) is 29.4. The number of ether oxygens (including phenoxy) is 2. The molecule has 0 bridgehead atoms. The molecule has 3 aromatic rings. The average Bonchev–Trinajstić information content (AvgIpc) is 3.46. The van der Waals surface area contributed by atoms with E-state index in [-0.39, 0.29) is 24.7 Å². The molecule has 4 rings (SSSR count). The Morgan fingerprint density at radius 1 is 1.27 bits per heavy atom. The predicted molar refractivity (Wildman–Crippen MR) is 141 cm³/mol. The number of hydrogen-bond acceptors (Lipinski definition) is 12. The van der Waals surface area contributed by atoms with Gasteiger partial charge in [-0.25, -0.2) is 19.2 Å². The van der Waals surface area contributed by atoms with Gasteiger partial charge in [-0.3, -0.25) is 9.32 Å². The second-order valence-corrected chi connectivity index (χ2v) is 11.9. The number of para-hydroxylation sites is 1. The van der Waals surface area contributed by atoms with Crippen molar-refractivity contribution >= 4 is 25.1 Å². The van der Waals surface area contributed by atoms with E-state index in [0.29, 0.717) is 11.2 Å². The van der Waals surface area contributed by atoms with Gasteiger partial charge in [0.05, 0.1) is 11.1 Å². The Morgan fingerprint density at radius 2 is 2.00 bits per heavy atom. The number of carbonyl (C=O) groups excluding carboxylic acids is 1. The van der Waals surface area contributed by atoms with E-state index in [4.69, 9.17) is 24.3 Å². The van der Waals surface area contributed by atoms with Crippen LogP contribution in [0.4, 0.5) is 5.82 Å². The SMILES string of the molecule is CC(C)(C)C(=O)OCCN[P@@](=O)(OC[C@@]1(C#N)O[C@@H](c2ccc3c(N)ncnn23)[C@H](O)[C@@H]1O)Oc1ccccc1. The Labute approximate surface area is 230 Å². The van der Waals surface area contributed by atoms with Crippen LogP contribution in [-0.2, 0) is 23.4 Å². The van der Waals surface area contributed by atoms with Gasteiger partial charge in [-0.15, -0.1) is 0 Å². The summed E-state index contributed by atoms with van der Waals surface area (Å²) in [4.78, 5) is 16.0. The number of benzene rings is 1. The lowest BCUT2D eigenvalue weighted by Gasteiger charge is -2.27. The highest BCUT2D eigenvalue weighted by Crippen LogP contribution is 2.48. The van der Waals surface area contributed by atoms with Crippen molar-refractivity contribution < 1.29 is 38.1 Å². The fraction of sp³-hybridized carbons (Fsp3) is 0.440. The van der Waals surface area contributed by atoms with Crippen LogP contribution in [-0.4, -0.2) is 68.3 Å². The maximum atomic E-state index is 13.7. The number of nitriles is 1. The molecule has 0 aliphatic carbocycles. The largest absolute Gasteiger partial charge is 0.464 e. The summed E-state index contributed by atoms with van der Waals surface area (Å²) < 4.78 is 37.3. The topological polar surface area (TPSA) is 204 Å². The number of aromatic nitrogens is 3. The molecule has 3 heterocycles. The summed E-state index contributed by atoms with van der Waals surface area (Å²) in [6.45, 7) is 4.09. The highest BCUT2D eigenvalue weighted by molar-refractivity contribution is 7.52. The minimum Gasteiger partial charge on any atom is -0.464 e. The summed E-state index contributed by atoms with van der Waals surface area (Å²) in [5.41, 5.74) is 3.75. The third-order valence-corrected chi connectivity index (χ3v) is 7.64. The molecule has 5 N–H and O–H groups in total. The van der Waals surface area contributed by atoms with Crippen LogP contribution in [0, 0.1) is 16.7 Å². The number of carbonyl (C=O) groups is 1. The van der Waals surface area contributed by atoms with E-state index in [0.717, 1.165) is 0 Å². The molecule has 1 saturated heterocycles. The maximum absolute atomic E-state index is 13.7. The van der Waals surface area contributed by atoms with Gasteiger partial charge in [0.25, 0.3) is 0 Å². The van der Waals surface area contributed by atoms with Crippen molar-refractivity contribution in [3.8, 4) is 11.8 Å². The van der Waals surface area contributed by atoms with E-state index < -0.39 is 49.7 Å². The minimum atomic E-state index is -4.23. The van der Waals surface area contributed by atoms with Crippen LogP contribution in [0.2, 0.25) is 0 Å². The number of nitrogens with one attached hydrogen (secondary N) is 1. The molecule has 0 spiro atoms. The van der Waals surface area contributed by atoms with Crippen molar-refractivity contribution in [1.29, 1.82) is 5.26 Å². The smallest absolute Gasteiger partial charge is 0.458 e. The molecule has 1 aromatic carbocycles. The Kier molecular flexibility index (Phi) is 8.46. The summed E-state index contributed by atoms with van der Waals surface area (Å²) in [5.74, 6) is -0.0777. The molecule has 14 nitrogen and oxygen atoms in total. The number of anilines is 1. The van der Waals surface area contributed by atoms with E-state index in [1.807, 2.05) is 6.07 Å². The molecule has 5 atom stereocenters. The second-order valence-electron chi connectivity index (χ2n) is 10.1. The lowest BCUT2D eigenvalue weighted by molar-refractivity contribution is -0.152. The Balaban J connectivity index is 1.52. The molecule has 15 heteroatoms. The fourth-order valence-corrected chi connectivity index (χ4v) is 5.26. The third kappa shape index (κ3) is 6.10. The van der Waals surface area contributed by atoms with Crippen molar-refractivity contribution in [1.82, 2.24) is 19.7 Å². The molecule has 0 radical (unpaired) electrons. The number of nitrogen functional groups attached to an aromatic ring is 1. The van der Waals surface area contributed by atoms with Crippen LogP contribution in [0.25, 0.3) is 5.52 Å². The molecule has 1 fully saturated rings. The third-order valence-electron chi connectivity index (χ3n) is 6.11. The van der Waals surface area contributed by atoms with Crippen LogP contribution < -0.4 is 15.3 Å². The number of aliphatic hydroxyl groups excluding tert-OH is 2. The van der Waals surface area contributed by atoms with Crippen LogP contribution in [0.15, 0.2) is 48.8 Å². The van der Waals surface area contributed by atoms with Gasteiger partial charge in [-0.2, -0.15) is 10.4 Å². The van der Waals surface area contributed by atoms with Gasteiger partial charge in [0, 0.05) is 6.54 Å². The highest BCUT2D eigenvalue weighted by Gasteiger charge is 2.57. The van der Waals surface area contributed by atoms with Crippen LogP contribution >= 0.6 is 7.75 Å². The zero-order valence-electron chi connectivity index (χ0n) is 22.1. The molecule has 1 aliphatic heterocycles. The van der Waals surface area contributed by atoms with Crippen molar-refractivity contribution in [2.75, 3.05) is 25.5 Å². The van der Waals surface area contributed by atoms with Crippen LogP contribution in [0.5, 0.6) is 5.75 Å². The zero-order valence-corrected chi connectivity index (χ0v) is 23.0. The van der Waals surface area contributed by atoms with Crippen molar-refractivity contribution in [3.05, 3.63) is 54.5 Å². The number of nitrogens with zero attached hydrogens (tertiary/aromatic N) is 4. The van der Waals surface area contributed by atoms with E-state index in [9.17, 15) is 24.8 Å². The predicted octanol–water partition coefficient (Wildman–Crippen LogP) is 1.75. The first-order valence-electron chi connectivity index (χ1n) is 12.3. The monoisotopic (exact) mass is 574 g/mol. The van der Waals surface area contributed by atoms with Crippen molar-refractivity contribution in [2.24, 2.45) is 5.41 Å². The zero-order chi connectivity index (χ0) is 29.1. The summed E-state index contributed by atoms with van der Waals surface area (Å²) in [6.07, 6.45) is -3.33. The second kappa shape index (κ2) is 11.5. The van der Waals surface area contributed by atoms with E-state index in [1.54, 1.807) is 63.2 Å². The summed E-state index contributed by atoms with van der Waals surface area (Å²) in [7, 11) is -4.23. The molecule has 0 unspecified atom stereocenters. The number of nitrogens with two attached hydrogens (primary N) is 1. The van der Waals surface area contributed by atoms with E-state index in [1.165, 1.54) is 10.8 Å². The first-order valence-corrected chi connectivity index (χ1v) is 13.9. The minimum absolute atomic E-state index is 0.114. The standard InChI is InChI=1S/C25H31N6O8P/c1-24(2,3)23(34)36-12-11-30-40(35,39-16-7-5-4-6-8-16)37-14-25(13-26)21(33)19(32)20(38-25)17-9-10-18-22(27)28-15-29-31(17)18/h4-10,15,19-21,32-33H,11-12,14H2,1-3H3,(H,30,35)(H2,27,28,29)/t19-,20-,21-,25+,40+/m0/s1. The molecule has 0 amide bonds. The van der Waals surface area contributed by atoms with Gasteiger partial charge in [0.1, 0.15) is 55.2 Å². The number of aliphatic hydroxyl groups is 2. The van der Waals surface area contributed by atoms with Gasteiger partial charge in [-0.05, 0) is 45.0 Å². The Hall–Kier alpha value is -3.57. The quantitative estimate of drug-likeness (QED) is 0.155. The summed E-state index contributed by atoms with van der Waals surface area (Å²) >= 11 is 0. The molecular weight excluding hydrogens is 543 g/mol. The number of hydrogen-bond donors (Lipinski definition) is 4. The van der Waals surface area contributed by atoms with Crippen molar-refractivity contribution in [3.63, 3.8) is 0 Å². The molecular formula is C25H31N6O8P. The van der Waals surface area contributed by atoms with Gasteiger partial charge >= 0.3 is 13.7 Å². The van der Waals surface area contributed by atoms with Gasteiger partial charge < -0.3 is 29.9 Å². The normalized spacial score (nSPS) is 24.4. The Bertz CT molecular complexity index is 1440. The number of esters is 1.